The van der Waals surface area contributed by atoms with Crippen LogP contribution >= 0.6 is 31.9 Å². The molecule has 0 spiro atoms. The van der Waals surface area contributed by atoms with Gasteiger partial charge in [-0.25, -0.2) is 15.0 Å². The fourth-order valence-electron chi connectivity index (χ4n) is 1.07. The zero-order valence-electron chi connectivity index (χ0n) is 8.65. The van der Waals surface area contributed by atoms with E-state index in [0.29, 0.717) is 9.21 Å². The second kappa shape index (κ2) is 5.36. The van der Waals surface area contributed by atoms with Crippen LogP contribution in [0.3, 0.4) is 0 Å². The van der Waals surface area contributed by atoms with Gasteiger partial charge in [0.2, 0.25) is 0 Å². The van der Waals surface area contributed by atoms with E-state index in [2.05, 4.69) is 57.1 Å². The first kappa shape index (κ1) is 12.8. The van der Waals surface area contributed by atoms with Gasteiger partial charge in [0.15, 0.2) is 5.82 Å². The van der Waals surface area contributed by atoms with Crippen molar-refractivity contribution >= 4 is 43.6 Å². The molecule has 2 rings (SSSR count). The second-order valence-corrected chi connectivity index (χ2v) is 4.65. The molecule has 2 aromatic heterocycles. The van der Waals surface area contributed by atoms with Gasteiger partial charge in [-0.05, 0) is 31.9 Å². The Balaban J connectivity index is 2.21. The molecular weight excluding hydrogens is 370 g/mol. The van der Waals surface area contributed by atoms with Gasteiger partial charge in [0.25, 0.3) is 11.5 Å². The SMILES string of the molecule is O=C(Nc1ncc(Br)nc1Br)c1c[nH]c(=O)cn1. The molecule has 2 aromatic rings. The van der Waals surface area contributed by atoms with Crippen molar-refractivity contribution in [1.82, 2.24) is 19.9 Å². The third-order valence-corrected chi connectivity index (χ3v) is 2.77. The van der Waals surface area contributed by atoms with Crippen molar-refractivity contribution in [2.24, 2.45) is 0 Å². The topological polar surface area (TPSA) is 101 Å². The molecule has 9 heteroatoms. The van der Waals surface area contributed by atoms with Crippen LogP contribution in [-0.2, 0) is 0 Å². The minimum atomic E-state index is -0.497. The fraction of sp³-hybridized carbons (Fsp3) is 0. The number of rotatable bonds is 2. The number of amides is 1. The molecule has 0 fully saturated rings. The minimum Gasteiger partial charge on any atom is -0.325 e. The molecule has 92 valence electrons. The second-order valence-electron chi connectivity index (χ2n) is 3.08. The van der Waals surface area contributed by atoms with Crippen molar-refractivity contribution in [1.29, 1.82) is 0 Å². The first-order chi connectivity index (χ1) is 8.56. The summed E-state index contributed by atoms with van der Waals surface area (Å²) in [6.45, 7) is 0. The molecule has 0 aliphatic rings. The van der Waals surface area contributed by atoms with Gasteiger partial charge in [-0.2, -0.15) is 0 Å². The highest BCUT2D eigenvalue weighted by molar-refractivity contribution is 9.11. The maximum atomic E-state index is 11.8. The average Bonchev–Trinajstić information content (AvgIpc) is 2.33. The Hall–Kier alpha value is -1.61. The van der Waals surface area contributed by atoms with Crippen LogP contribution in [0.4, 0.5) is 5.82 Å². The standard InChI is InChI=1S/C9H5Br2N5O2/c10-5-2-14-8(7(11)15-5)16-9(18)4-1-13-6(17)3-12-4/h1-3H,(H,13,17)(H,14,16,18). The van der Waals surface area contributed by atoms with Gasteiger partial charge < -0.3 is 10.3 Å². The zero-order chi connectivity index (χ0) is 13.1. The smallest absolute Gasteiger partial charge is 0.277 e. The van der Waals surface area contributed by atoms with Crippen LogP contribution in [0.5, 0.6) is 0 Å². The molecule has 2 heterocycles. The molecule has 0 radical (unpaired) electrons. The summed E-state index contributed by atoms with van der Waals surface area (Å²) >= 11 is 6.31. The predicted molar refractivity (Wildman–Crippen MR) is 70.2 cm³/mol. The predicted octanol–water partition coefficient (Wildman–Crippen LogP) is 1.34. The van der Waals surface area contributed by atoms with E-state index in [1.807, 2.05) is 0 Å². The highest BCUT2D eigenvalue weighted by Gasteiger charge is 2.11. The first-order valence-corrected chi connectivity index (χ1v) is 6.19. The summed E-state index contributed by atoms with van der Waals surface area (Å²) in [6.07, 6.45) is 3.69. The van der Waals surface area contributed by atoms with Crippen molar-refractivity contribution in [2.45, 2.75) is 0 Å². The van der Waals surface area contributed by atoms with Gasteiger partial charge in [0.05, 0.1) is 12.4 Å². The number of halogens is 2. The molecule has 18 heavy (non-hydrogen) atoms. The Labute approximate surface area is 117 Å². The number of aromatic nitrogens is 4. The maximum absolute atomic E-state index is 11.8. The van der Waals surface area contributed by atoms with E-state index in [-0.39, 0.29) is 17.1 Å². The Morgan fingerprint density at radius 3 is 2.67 bits per heavy atom. The Morgan fingerprint density at radius 2 is 2.06 bits per heavy atom. The van der Waals surface area contributed by atoms with Crippen LogP contribution in [0.2, 0.25) is 0 Å². The van der Waals surface area contributed by atoms with Gasteiger partial charge >= 0.3 is 0 Å². The lowest BCUT2D eigenvalue weighted by atomic mass is 10.4. The number of H-pyrrole nitrogens is 1. The van der Waals surface area contributed by atoms with Crippen molar-refractivity contribution in [2.75, 3.05) is 5.32 Å². The van der Waals surface area contributed by atoms with Gasteiger partial charge in [-0.1, -0.05) is 0 Å². The van der Waals surface area contributed by atoms with Crippen molar-refractivity contribution in [3.05, 3.63) is 43.8 Å². The summed E-state index contributed by atoms with van der Waals surface area (Å²) in [6, 6.07) is 0. The number of aromatic amines is 1. The molecule has 0 aromatic carbocycles. The summed E-state index contributed by atoms with van der Waals surface area (Å²) in [5.74, 6) is -0.236. The van der Waals surface area contributed by atoms with Crippen molar-refractivity contribution < 1.29 is 4.79 Å². The largest absolute Gasteiger partial charge is 0.325 e. The Bertz CT molecular complexity index is 637. The summed E-state index contributed by atoms with van der Waals surface area (Å²) in [5, 5.41) is 2.51. The molecule has 0 aliphatic heterocycles. The highest BCUT2D eigenvalue weighted by Crippen LogP contribution is 2.19. The molecule has 7 nitrogen and oxygen atoms in total. The summed E-state index contributed by atoms with van der Waals surface area (Å²) in [5.41, 5.74) is -0.303. The molecule has 2 N–H and O–H groups in total. The maximum Gasteiger partial charge on any atom is 0.277 e. The van der Waals surface area contributed by atoms with Gasteiger partial charge in [-0.15, -0.1) is 0 Å². The number of nitrogens with one attached hydrogen (secondary N) is 2. The first-order valence-electron chi connectivity index (χ1n) is 4.60. The van der Waals surface area contributed by atoms with Crippen LogP contribution in [0.15, 0.2) is 32.6 Å². The average molecular weight is 375 g/mol. The monoisotopic (exact) mass is 373 g/mol. The van der Waals surface area contributed by atoms with Crippen molar-refractivity contribution in [3.63, 3.8) is 0 Å². The van der Waals surface area contributed by atoms with Crippen molar-refractivity contribution in [3.8, 4) is 0 Å². The van der Waals surface area contributed by atoms with Crippen LogP contribution in [0, 0.1) is 0 Å². The number of carbonyl (C=O) groups is 1. The molecule has 0 unspecified atom stereocenters. The lowest BCUT2D eigenvalue weighted by Crippen LogP contribution is -2.18. The summed E-state index contributed by atoms with van der Waals surface area (Å²) < 4.78 is 0.921. The third kappa shape index (κ3) is 2.99. The van der Waals surface area contributed by atoms with Crippen LogP contribution < -0.4 is 10.9 Å². The van der Waals surface area contributed by atoms with E-state index < -0.39 is 5.91 Å². The third-order valence-electron chi connectivity index (χ3n) is 1.84. The van der Waals surface area contributed by atoms with Gasteiger partial charge in [0.1, 0.15) is 14.9 Å². The van der Waals surface area contributed by atoms with Gasteiger partial charge in [0, 0.05) is 6.20 Å². The van der Waals surface area contributed by atoms with Crippen LogP contribution in [0.25, 0.3) is 0 Å². The number of nitrogens with zero attached hydrogens (tertiary/aromatic N) is 3. The molecule has 0 aliphatic carbocycles. The lowest BCUT2D eigenvalue weighted by molar-refractivity contribution is 0.102. The number of anilines is 1. The quantitative estimate of drug-likeness (QED) is 0.825. The molecule has 0 saturated heterocycles. The Kier molecular flexibility index (Phi) is 3.82. The van der Waals surface area contributed by atoms with E-state index >= 15 is 0 Å². The van der Waals surface area contributed by atoms with E-state index in [1.165, 1.54) is 12.4 Å². The van der Waals surface area contributed by atoms with E-state index in [4.69, 9.17) is 0 Å². The minimum absolute atomic E-state index is 0.0752. The molecule has 0 bridgehead atoms. The summed E-state index contributed by atoms with van der Waals surface area (Å²) in [7, 11) is 0. The fourth-order valence-corrected chi connectivity index (χ4v) is 1.98. The van der Waals surface area contributed by atoms with Crippen LogP contribution in [-0.4, -0.2) is 25.8 Å². The molecular formula is C9H5Br2N5O2. The molecule has 1 amide bonds. The number of carbonyl (C=O) groups excluding carboxylic acids is 1. The highest BCUT2D eigenvalue weighted by atomic mass is 79.9. The molecule has 0 atom stereocenters. The van der Waals surface area contributed by atoms with E-state index in [0.717, 1.165) is 6.20 Å². The number of hydrogen-bond acceptors (Lipinski definition) is 5. The zero-order valence-corrected chi connectivity index (χ0v) is 11.8. The molecule has 0 saturated carbocycles. The lowest BCUT2D eigenvalue weighted by Gasteiger charge is -2.04. The van der Waals surface area contributed by atoms with Gasteiger partial charge in [-0.3, -0.25) is 9.59 Å². The summed E-state index contributed by atoms with van der Waals surface area (Å²) in [4.78, 5) is 36.6. The van der Waals surface area contributed by atoms with Crippen LogP contribution in [0.1, 0.15) is 10.5 Å². The number of hydrogen-bond donors (Lipinski definition) is 2. The van der Waals surface area contributed by atoms with E-state index in [9.17, 15) is 9.59 Å². The van der Waals surface area contributed by atoms with E-state index in [1.54, 1.807) is 0 Å². The normalized spacial score (nSPS) is 10.1. The Morgan fingerprint density at radius 1 is 1.28 bits per heavy atom.